The molecule has 0 unspecified atom stereocenters. The zero-order chi connectivity index (χ0) is 19.5. The number of hydrogen-bond donors (Lipinski definition) is 3. The van der Waals surface area contributed by atoms with Crippen molar-refractivity contribution in [3.05, 3.63) is 76.6 Å². The molecule has 28 heavy (non-hydrogen) atoms. The van der Waals surface area contributed by atoms with Crippen LogP contribution in [0.3, 0.4) is 0 Å². The number of aromatic nitrogens is 2. The quantitative estimate of drug-likeness (QED) is 0.203. The molecule has 0 radical (unpaired) electrons. The number of rotatable bonds is 3. The van der Waals surface area contributed by atoms with Crippen LogP contribution in [0.1, 0.15) is 0 Å². The summed E-state index contributed by atoms with van der Waals surface area (Å²) in [7, 11) is 0. The van der Waals surface area contributed by atoms with Gasteiger partial charge in [0, 0.05) is 25.9 Å². The van der Waals surface area contributed by atoms with E-state index in [1.54, 1.807) is 6.33 Å². The summed E-state index contributed by atoms with van der Waals surface area (Å²) in [5.74, 6) is 0. The summed E-state index contributed by atoms with van der Waals surface area (Å²) in [6.07, 6.45) is 1.59. The molecule has 0 atom stereocenters. The first-order chi connectivity index (χ1) is 13.6. The second-order valence-corrected chi connectivity index (χ2v) is 7.71. The number of hydrogen-bond acceptors (Lipinski definition) is 4. The summed E-state index contributed by atoms with van der Waals surface area (Å²) in [4.78, 5) is 8.82. The number of anilines is 3. The lowest BCUT2D eigenvalue weighted by molar-refractivity contribution is 1.22. The van der Waals surface area contributed by atoms with Gasteiger partial charge in [0.25, 0.3) is 0 Å². The average Bonchev–Trinajstić information content (AvgIpc) is 2.70. The van der Waals surface area contributed by atoms with Crippen molar-refractivity contribution in [2.75, 3.05) is 16.4 Å². The van der Waals surface area contributed by atoms with Gasteiger partial charge in [-0.05, 0) is 71.2 Å². The lowest BCUT2D eigenvalue weighted by Crippen LogP contribution is -2.19. The van der Waals surface area contributed by atoms with Gasteiger partial charge in [-0.2, -0.15) is 0 Å². The second-order valence-electron chi connectivity index (χ2n) is 6.14. The Labute approximate surface area is 181 Å². The maximum atomic E-state index is 5.80. The Hall–Kier alpha value is -2.78. The van der Waals surface area contributed by atoms with E-state index in [1.807, 2.05) is 66.7 Å². The van der Waals surface area contributed by atoms with E-state index in [0.717, 1.165) is 42.8 Å². The molecule has 0 saturated carbocycles. The molecule has 1 aromatic heterocycles. The van der Waals surface area contributed by atoms with Crippen molar-refractivity contribution < 1.29 is 0 Å². The number of halogens is 1. The minimum atomic E-state index is 0.507. The van der Waals surface area contributed by atoms with Gasteiger partial charge in [-0.3, -0.25) is 0 Å². The van der Waals surface area contributed by atoms with Crippen LogP contribution in [0.25, 0.3) is 22.2 Å². The van der Waals surface area contributed by atoms with Crippen LogP contribution in [0.2, 0.25) is 0 Å². The van der Waals surface area contributed by atoms with Gasteiger partial charge in [-0.1, -0.05) is 30.3 Å². The summed E-state index contributed by atoms with van der Waals surface area (Å²) in [5, 5.41) is 7.96. The second kappa shape index (κ2) is 8.07. The molecule has 0 fully saturated rings. The lowest BCUT2D eigenvalue weighted by Gasteiger charge is -2.13. The van der Waals surface area contributed by atoms with E-state index in [4.69, 9.17) is 18.0 Å². The Balaban J connectivity index is 1.58. The standard InChI is InChI=1S/C21H16IN5S/c22-17-11-14(23)8-9-19(17)27-21(28)26-15-5-3-4-13(10-15)20-16-6-1-2-7-18(16)24-12-25-20/h1-12H,23H2,(H2,26,27,28). The number of para-hydroxylation sites is 1. The van der Waals surface area contributed by atoms with Crippen molar-refractivity contribution in [3.63, 3.8) is 0 Å². The Bertz CT molecular complexity index is 1170. The first-order valence-electron chi connectivity index (χ1n) is 8.53. The van der Waals surface area contributed by atoms with E-state index < -0.39 is 0 Å². The Morgan fingerprint density at radius 2 is 1.79 bits per heavy atom. The van der Waals surface area contributed by atoms with Crippen LogP contribution in [0.4, 0.5) is 17.1 Å². The van der Waals surface area contributed by atoms with Gasteiger partial charge >= 0.3 is 0 Å². The zero-order valence-corrected chi connectivity index (χ0v) is 17.7. The molecule has 4 rings (SSSR count). The predicted octanol–water partition coefficient (Wildman–Crippen LogP) is 5.29. The molecule has 0 bridgehead atoms. The lowest BCUT2D eigenvalue weighted by atomic mass is 10.1. The maximum Gasteiger partial charge on any atom is 0.175 e. The number of nitrogen functional groups attached to an aromatic ring is 1. The molecule has 0 amide bonds. The van der Waals surface area contributed by atoms with Crippen LogP contribution < -0.4 is 16.4 Å². The van der Waals surface area contributed by atoms with E-state index in [9.17, 15) is 0 Å². The molecular formula is C21H16IN5S. The van der Waals surface area contributed by atoms with Crippen LogP contribution in [0, 0.1) is 3.57 Å². The molecular weight excluding hydrogens is 481 g/mol. The minimum Gasteiger partial charge on any atom is -0.399 e. The molecule has 7 heteroatoms. The van der Waals surface area contributed by atoms with E-state index >= 15 is 0 Å². The van der Waals surface area contributed by atoms with Crippen molar-refractivity contribution in [1.82, 2.24) is 9.97 Å². The highest BCUT2D eigenvalue weighted by molar-refractivity contribution is 14.1. The third-order valence-electron chi connectivity index (χ3n) is 4.18. The third-order valence-corrected chi connectivity index (χ3v) is 5.27. The van der Waals surface area contributed by atoms with E-state index in [1.165, 1.54) is 0 Å². The molecule has 0 aliphatic carbocycles. The van der Waals surface area contributed by atoms with Gasteiger partial charge < -0.3 is 16.4 Å². The summed E-state index contributed by atoms with van der Waals surface area (Å²) in [6, 6.07) is 21.6. The highest BCUT2D eigenvalue weighted by atomic mass is 127. The van der Waals surface area contributed by atoms with Gasteiger partial charge in [0.1, 0.15) is 6.33 Å². The smallest absolute Gasteiger partial charge is 0.175 e. The summed E-state index contributed by atoms with van der Waals surface area (Å²) >= 11 is 7.69. The zero-order valence-electron chi connectivity index (χ0n) is 14.7. The van der Waals surface area contributed by atoms with Crippen LogP contribution in [-0.2, 0) is 0 Å². The van der Waals surface area contributed by atoms with Gasteiger partial charge in [0.2, 0.25) is 0 Å². The first-order valence-corrected chi connectivity index (χ1v) is 10.0. The monoisotopic (exact) mass is 497 g/mol. The van der Waals surface area contributed by atoms with E-state index in [-0.39, 0.29) is 0 Å². The maximum absolute atomic E-state index is 5.80. The largest absolute Gasteiger partial charge is 0.399 e. The number of benzene rings is 3. The van der Waals surface area contributed by atoms with Crippen LogP contribution >= 0.6 is 34.8 Å². The highest BCUT2D eigenvalue weighted by Gasteiger charge is 2.08. The molecule has 4 aromatic rings. The number of thiocarbonyl (C=S) groups is 1. The highest BCUT2D eigenvalue weighted by Crippen LogP contribution is 2.27. The van der Waals surface area contributed by atoms with Crippen LogP contribution in [0.15, 0.2) is 73.1 Å². The molecule has 0 aliphatic rings. The van der Waals surface area contributed by atoms with Crippen LogP contribution in [0.5, 0.6) is 0 Å². The fourth-order valence-corrected chi connectivity index (χ4v) is 3.80. The van der Waals surface area contributed by atoms with Crippen molar-refractivity contribution in [1.29, 1.82) is 0 Å². The summed E-state index contributed by atoms with van der Waals surface area (Å²) in [5.41, 5.74) is 11.1. The summed E-state index contributed by atoms with van der Waals surface area (Å²) < 4.78 is 1.00. The van der Waals surface area contributed by atoms with Crippen molar-refractivity contribution >= 4 is 67.9 Å². The molecule has 3 aromatic carbocycles. The Morgan fingerprint density at radius 3 is 2.64 bits per heavy atom. The van der Waals surface area contributed by atoms with Gasteiger partial charge in [-0.15, -0.1) is 0 Å². The van der Waals surface area contributed by atoms with Crippen LogP contribution in [-0.4, -0.2) is 15.1 Å². The normalized spacial score (nSPS) is 10.6. The van der Waals surface area contributed by atoms with Gasteiger partial charge in [0.05, 0.1) is 16.9 Å². The SMILES string of the molecule is Nc1ccc(NC(=S)Nc2cccc(-c3ncnc4ccccc34)c2)c(I)c1. The van der Waals surface area contributed by atoms with E-state index in [0.29, 0.717) is 5.11 Å². The topological polar surface area (TPSA) is 75.9 Å². The average molecular weight is 497 g/mol. The van der Waals surface area contributed by atoms with Gasteiger partial charge in [-0.25, -0.2) is 9.97 Å². The number of nitrogens with one attached hydrogen (secondary N) is 2. The molecule has 0 aliphatic heterocycles. The molecule has 1 heterocycles. The minimum absolute atomic E-state index is 0.507. The van der Waals surface area contributed by atoms with E-state index in [2.05, 4.69) is 43.2 Å². The molecule has 0 saturated heterocycles. The van der Waals surface area contributed by atoms with Crippen molar-refractivity contribution in [2.45, 2.75) is 0 Å². The molecule has 4 N–H and O–H groups in total. The van der Waals surface area contributed by atoms with Crippen molar-refractivity contribution in [3.8, 4) is 11.3 Å². The fourth-order valence-electron chi connectivity index (χ4n) is 2.90. The number of nitrogens with two attached hydrogens (primary N) is 1. The summed E-state index contributed by atoms with van der Waals surface area (Å²) in [6.45, 7) is 0. The molecule has 5 nitrogen and oxygen atoms in total. The van der Waals surface area contributed by atoms with Crippen molar-refractivity contribution in [2.24, 2.45) is 0 Å². The fraction of sp³-hybridized carbons (Fsp3) is 0. The first kappa shape index (κ1) is 18.6. The Morgan fingerprint density at radius 1 is 0.929 bits per heavy atom. The number of fused-ring (bicyclic) bond motifs is 1. The number of nitrogens with zero attached hydrogens (tertiary/aromatic N) is 2. The third kappa shape index (κ3) is 4.05. The van der Waals surface area contributed by atoms with Gasteiger partial charge in [0.15, 0.2) is 5.11 Å². The predicted molar refractivity (Wildman–Crippen MR) is 128 cm³/mol. The molecule has 0 spiro atoms. The Kier molecular flexibility index (Phi) is 5.36. The molecule has 138 valence electrons.